The first-order valence-corrected chi connectivity index (χ1v) is 4.15. The molecular formula is C7H8N6O2. The van der Waals surface area contributed by atoms with Crippen LogP contribution in [0, 0.1) is 0 Å². The first-order chi connectivity index (χ1) is 7.15. The molecule has 0 spiro atoms. The predicted molar refractivity (Wildman–Crippen MR) is 47.1 cm³/mol. The van der Waals surface area contributed by atoms with Crippen molar-refractivity contribution in [2.75, 3.05) is 0 Å². The maximum absolute atomic E-state index is 10.5. The molecule has 0 saturated carbocycles. The van der Waals surface area contributed by atoms with Crippen LogP contribution < -0.4 is 0 Å². The molecular weight excluding hydrogens is 200 g/mol. The molecule has 0 bridgehead atoms. The lowest BCUT2D eigenvalue weighted by atomic mass is 10.5. The Morgan fingerprint density at radius 3 is 2.87 bits per heavy atom. The van der Waals surface area contributed by atoms with E-state index in [1.54, 1.807) is 13.2 Å². The number of aryl methyl sites for hydroxylation is 1. The van der Waals surface area contributed by atoms with Crippen LogP contribution in [0.25, 0.3) is 0 Å². The standard InChI is InChI=1S/C7H8N6O2/c1-12-10-6(8-11-12)4-13-3-2-5(9-13)7(14)15/h2-3H,4H2,1H3,(H,14,15). The van der Waals surface area contributed by atoms with E-state index in [4.69, 9.17) is 5.11 Å². The quantitative estimate of drug-likeness (QED) is 0.705. The van der Waals surface area contributed by atoms with E-state index < -0.39 is 5.97 Å². The van der Waals surface area contributed by atoms with Crippen LogP contribution in [-0.2, 0) is 13.6 Å². The van der Waals surface area contributed by atoms with Crippen molar-refractivity contribution in [3.05, 3.63) is 23.8 Å². The Balaban J connectivity index is 2.14. The van der Waals surface area contributed by atoms with Gasteiger partial charge < -0.3 is 5.11 Å². The van der Waals surface area contributed by atoms with Crippen molar-refractivity contribution in [3.8, 4) is 0 Å². The van der Waals surface area contributed by atoms with Gasteiger partial charge in [-0.2, -0.15) is 9.90 Å². The molecule has 0 amide bonds. The number of hydrogen-bond acceptors (Lipinski definition) is 5. The zero-order valence-electron chi connectivity index (χ0n) is 7.90. The lowest BCUT2D eigenvalue weighted by Gasteiger charge is -1.94. The summed E-state index contributed by atoms with van der Waals surface area (Å²) in [5, 5.41) is 23.8. The summed E-state index contributed by atoms with van der Waals surface area (Å²) in [6.07, 6.45) is 1.56. The van der Waals surface area contributed by atoms with Crippen LogP contribution in [0.1, 0.15) is 16.3 Å². The summed E-state index contributed by atoms with van der Waals surface area (Å²) < 4.78 is 1.44. The summed E-state index contributed by atoms with van der Waals surface area (Å²) >= 11 is 0. The SMILES string of the molecule is Cn1nnc(Cn2ccc(C(=O)O)n2)n1. The maximum Gasteiger partial charge on any atom is 0.356 e. The Hall–Kier alpha value is -2.25. The number of tetrazole rings is 1. The van der Waals surface area contributed by atoms with Gasteiger partial charge in [-0.15, -0.1) is 10.2 Å². The molecule has 0 radical (unpaired) electrons. The minimum atomic E-state index is -1.05. The third-order valence-electron chi connectivity index (χ3n) is 1.71. The fourth-order valence-corrected chi connectivity index (χ4v) is 1.10. The van der Waals surface area contributed by atoms with Crippen molar-refractivity contribution in [1.82, 2.24) is 30.0 Å². The Morgan fingerprint density at radius 2 is 2.33 bits per heavy atom. The highest BCUT2D eigenvalue weighted by atomic mass is 16.4. The predicted octanol–water partition coefficient (Wildman–Crippen LogP) is -0.847. The van der Waals surface area contributed by atoms with Gasteiger partial charge in [-0.3, -0.25) is 4.68 Å². The van der Waals surface area contributed by atoms with Gasteiger partial charge in [0.1, 0.15) is 6.54 Å². The summed E-state index contributed by atoms with van der Waals surface area (Å²) in [5.74, 6) is -0.571. The summed E-state index contributed by atoms with van der Waals surface area (Å²) in [6, 6.07) is 1.42. The third-order valence-corrected chi connectivity index (χ3v) is 1.71. The van der Waals surface area contributed by atoms with E-state index in [1.807, 2.05) is 0 Å². The van der Waals surface area contributed by atoms with Gasteiger partial charge in [-0.05, 0) is 11.3 Å². The molecule has 8 nitrogen and oxygen atoms in total. The topological polar surface area (TPSA) is 98.7 Å². The Labute approximate surface area is 84.1 Å². The van der Waals surface area contributed by atoms with Crippen molar-refractivity contribution in [2.45, 2.75) is 6.54 Å². The fraction of sp³-hybridized carbons (Fsp3) is 0.286. The molecule has 2 aromatic rings. The summed E-state index contributed by atoms with van der Waals surface area (Å²) in [4.78, 5) is 11.9. The molecule has 15 heavy (non-hydrogen) atoms. The lowest BCUT2D eigenvalue weighted by Crippen LogP contribution is -2.05. The van der Waals surface area contributed by atoms with Gasteiger partial charge in [0.05, 0.1) is 7.05 Å². The number of aromatic carboxylic acids is 1. The molecule has 8 heteroatoms. The third kappa shape index (κ3) is 1.98. The highest BCUT2D eigenvalue weighted by Gasteiger charge is 2.08. The minimum absolute atomic E-state index is 0.00103. The smallest absolute Gasteiger partial charge is 0.356 e. The van der Waals surface area contributed by atoms with E-state index in [2.05, 4.69) is 20.5 Å². The molecule has 1 N–H and O–H groups in total. The fourth-order valence-electron chi connectivity index (χ4n) is 1.10. The normalized spacial score (nSPS) is 10.5. The summed E-state index contributed by atoms with van der Waals surface area (Å²) in [5.41, 5.74) is -0.00103. The Kier molecular flexibility index (Phi) is 2.16. The van der Waals surface area contributed by atoms with Crippen molar-refractivity contribution in [3.63, 3.8) is 0 Å². The van der Waals surface area contributed by atoms with Crippen LogP contribution in [-0.4, -0.2) is 41.1 Å². The molecule has 0 saturated heterocycles. The molecule has 0 aliphatic carbocycles. The molecule has 0 unspecified atom stereocenters. The van der Waals surface area contributed by atoms with Gasteiger partial charge in [0.25, 0.3) is 0 Å². The molecule has 78 valence electrons. The summed E-state index contributed by atoms with van der Waals surface area (Å²) in [6.45, 7) is 0.307. The molecule has 2 heterocycles. The van der Waals surface area contributed by atoms with E-state index in [0.29, 0.717) is 12.4 Å². The van der Waals surface area contributed by atoms with Crippen molar-refractivity contribution < 1.29 is 9.90 Å². The number of aromatic nitrogens is 6. The maximum atomic E-state index is 10.5. The molecule has 2 rings (SSSR count). The number of carboxylic acids is 1. The zero-order chi connectivity index (χ0) is 10.8. The van der Waals surface area contributed by atoms with Crippen LogP contribution in [0.15, 0.2) is 12.3 Å². The first kappa shape index (κ1) is 9.31. The molecule has 0 atom stereocenters. The molecule has 0 aromatic carbocycles. The van der Waals surface area contributed by atoms with Crippen molar-refractivity contribution in [2.24, 2.45) is 7.05 Å². The van der Waals surface area contributed by atoms with Crippen LogP contribution in [0.4, 0.5) is 0 Å². The van der Waals surface area contributed by atoms with Gasteiger partial charge >= 0.3 is 5.97 Å². The van der Waals surface area contributed by atoms with Crippen molar-refractivity contribution in [1.29, 1.82) is 0 Å². The Bertz CT molecular complexity index is 487. The average Bonchev–Trinajstić information content (AvgIpc) is 2.76. The minimum Gasteiger partial charge on any atom is -0.476 e. The largest absolute Gasteiger partial charge is 0.476 e. The Morgan fingerprint density at radius 1 is 1.53 bits per heavy atom. The molecule has 0 aliphatic rings. The van der Waals surface area contributed by atoms with Gasteiger partial charge in [0.15, 0.2) is 11.5 Å². The van der Waals surface area contributed by atoms with E-state index in [0.717, 1.165) is 0 Å². The number of hydrogen-bond donors (Lipinski definition) is 1. The van der Waals surface area contributed by atoms with Gasteiger partial charge in [0, 0.05) is 6.20 Å². The second-order valence-electron chi connectivity index (χ2n) is 2.90. The van der Waals surface area contributed by atoms with E-state index >= 15 is 0 Å². The average molecular weight is 208 g/mol. The van der Waals surface area contributed by atoms with Crippen LogP contribution in [0.5, 0.6) is 0 Å². The first-order valence-electron chi connectivity index (χ1n) is 4.15. The second kappa shape index (κ2) is 3.48. The van der Waals surface area contributed by atoms with Crippen LogP contribution in [0.3, 0.4) is 0 Å². The second-order valence-corrected chi connectivity index (χ2v) is 2.90. The molecule has 0 aliphatic heterocycles. The highest BCUT2D eigenvalue weighted by molar-refractivity contribution is 5.84. The monoisotopic (exact) mass is 208 g/mol. The highest BCUT2D eigenvalue weighted by Crippen LogP contribution is 1.97. The lowest BCUT2D eigenvalue weighted by molar-refractivity contribution is 0.0689. The summed E-state index contributed by atoms with van der Waals surface area (Å²) in [7, 11) is 1.66. The molecule has 2 aromatic heterocycles. The number of rotatable bonds is 3. The van der Waals surface area contributed by atoms with Gasteiger partial charge in [-0.1, -0.05) is 0 Å². The van der Waals surface area contributed by atoms with Crippen molar-refractivity contribution >= 4 is 5.97 Å². The number of nitrogens with zero attached hydrogens (tertiary/aromatic N) is 6. The van der Waals surface area contributed by atoms with E-state index in [1.165, 1.54) is 15.5 Å². The van der Waals surface area contributed by atoms with Crippen LogP contribution in [0.2, 0.25) is 0 Å². The van der Waals surface area contributed by atoms with E-state index in [-0.39, 0.29) is 5.69 Å². The number of carboxylic acid groups (broad SMARTS) is 1. The van der Waals surface area contributed by atoms with E-state index in [9.17, 15) is 4.79 Å². The van der Waals surface area contributed by atoms with Gasteiger partial charge in [-0.25, -0.2) is 4.79 Å². The van der Waals surface area contributed by atoms with Gasteiger partial charge in [0.2, 0.25) is 0 Å². The zero-order valence-corrected chi connectivity index (χ0v) is 7.90. The number of carbonyl (C=O) groups is 1. The molecule has 0 fully saturated rings. The van der Waals surface area contributed by atoms with Crippen LogP contribution >= 0.6 is 0 Å².